The van der Waals surface area contributed by atoms with Crippen molar-refractivity contribution < 1.29 is 19.0 Å². The van der Waals surface area contributed by atoms with E-state index in [0.717, 1.165) is 28.0 Å². The Kier molecular flexibility index (Phi) is 7.11. The van der Waals surface area contributed by atoms with Gasteiger partial charge in [-0.3, -0.25) is 4.79 Å². The third-order valence-electron chi connectivity index (χ3n) is 4.60. The molecule has 5 nitrogen and oxygen atoms in total. The summed E-state index contributed by atoms with van der Waals surface area (Å²) in [5, 5.41) is 2.93. The van der Waals surface area contributed by atoms with Crippen molar-refractivity contribution in [3.63, 3.8) is 0 Å². The van der Waals surface area contributed by atoms with Crippen molar-refractivity contribution in [2.75, 3.05) is 20.8 Å². The molecule has 0 bridgehead atoms. The van der Waals surface area contributed by atoms with Crippen LogP contribution in [0.25, 0.3) is 0 Å². The molecule has 27 heavy (non-hydrogen) atoms. The van der Waals surface area contributed by atoms with Gasteiger partial charge >= 0.3 is 0 Å². The summed E-state index contributed by atoms with van der Waals surface area (Å²) in [5.74, 6) is 2.00. The van der Waals surface area contributed by atoms with Gasteiger partial charge in [-0.25, -0.2) is 0 Å². The highest BCUT2D eigenvalue weighted by Crippen LogP contribution is 2.27. The molecule has 0 aliphatic heterocycles. The number of carbonyl (C=O) groups excluding carboxylic acids is 1. The lowest BCUT2D eigenvalue weighted by molar-refractivity contribution is -0.127. The van der Waals surface area contributed by atoms with E-state index in [1.807, 2.05) is 45.0 Å². The zero-order valence-corrected chi connectivity index (χ0v) is 17.0. The average Bonchev–Trinajstić information content (AvgIpc) is 2.65. The van der Waals surface area contributed by atoms with Gasteiger partial charge in [-0.15, -0.1) is 0 Å². The van der Waals surface area contributed by atoms with E-state index in [4.69, 9.17) is 14.2 Å². The molecule has 1 N–H and O–H groups in total. The molecule has 2 aromatic carbocycles. The van der Waals surface area contributed by atoms with Crippen LogP contribution in [-0.2, 0) is 11.2 Å². The Morgan fingerprint density at radius 2 is 1.70 bits per heavy atom. The largest absolute Gasteiger partial charge is 0.493 e. The van der Waals surface area contributed by atoms with E-state index in [1.165, 1.54) is 0 Å². The number of hydrogen-bond acceptors (Lipinski definition) is 4. The first-order chi connectivity index (χ1) is 12.8. The monoisotopic (exact) mass is 371 g/mol. The van der Waals surface area contributed by atoms with Crippen LogP contribution in [0.2, 0.25) is 0 Å². The number of benzene rings is 2. The van der Waals surface area contributed by atoms with Crippen molar-refractivity contribution >= 4 is 5.91 Å². The summed E-state index contributed by atoms with van der Waals surface area (Å²) in [5.41, 5.74) is 4.40. The van der Waals surface area contributed by atoms with Gasteiger partial charge < -0.3 is 19.5 Å². The summed E-state index contributed by atoms with van der Waals surface area (Å²) in [7, 11) is 3.22. The predicted molar refractivity (Wildman–Crippen MR) is 107 cm³/mol. The number of rotatable bonds is 8. The van der Waals surface area contributed by atoms with Gasteiger partial charge in [0.25, 0.3) is 5.91 Å². The highest BCUT2D eigenvalue weighted by molar-refractivity contribution is 5.80. The van der Waals surface area contributed by atoms with Gasteiger partial charge in [-0.2, -0.15) is 0 Å². The van der Waals surface area contributed by atoms with E-state index in [-0.39, 0.29) is 5.91 Å². The fourth-order valence-corrected chi connectivity index (χ4v) is 2.88. The smallest absolute Gasteiger partial charge is 0.260 e. The fourth-order valence-electron chi connectivity index (χ4n) is 2.88. The number of aryl methyl sites for hydroxylation is 2. The lowest BCUT2D eigenvalue weighted by Crippen LogP contribution is -2.37. The minimum Gasteiger partial charge on any atom is -0.493 e. The quantitative estimate of drug-likeness (QED) is 0.768. The first kappa shape index (κ1) is 20.6. The summed E-state index contributed by atoms with van der Waals surface area (Å²) < 4.78 is 16.4. The van der Waals surface area contributed by atoms with Crippen LogP contribution in [0.5, 0.6) is 17.2 Å². The first-order valence-corrected chi connectivity index (χ1v) is 9.08. The molecular formula is C22H29NO4. The maximum atomic E-state index is 12.4. The molecule has 1 atom stereocenters. The van der Waals surface area contributed by atoms with Crippen LogP contribution in [-0.4, -0.2) is 32.8 Å². The summed E-state index contributed by atoms with van der Waals surface area (Å²) in [6, 6.07) is 9.83. The molecule has 0 spiro atoms. The normalized spacial score (nSPS) is 11.6. The molecular weight excluding hydrogens is 342 g/mol. The molecule has 0 unspecified atom stereocenters. The average molecular weight is 371 g/mol. The number of amides is 1. The molecule has 0 aliphatic rings. The summed E-state index contributed by atoms with van der Waals surface area (Å²) >= 11 is 0. The maximum absolute atomic E-state index is 12.4. The Balaban J connectivity index is 1.90. The molecule has 2 aromatic rings. The lowest BCUT2D eigenvalue weighted by Gasteiger charge is -2.18. The molecule has 146 valence electrons. The first-order valence-electron chi connectivity index (χ1n) is 9.08. The third kappa shape index (κ3) is 5.39. The van der Waals surface area contributed by atoms with E-state index >= 15 is 0 Å². The van der Waals surface area contributed by atoms with Crippen molar-refractivity contribution in [1.82, 2.24) is 5.32 Å². The highest BCUT2D eigenvalue weighted by Gasteiger charge is 2.16. The molecule has 0 fully saturated rings. The van der Waals surface area contributed by atoms with Crippen LogP contribution in [0.15, 0.2) is 30.3 Å². The Morgan fingerprint density at radius 1 is 1.00 bits per heavy atom. The molecule has 0 radical (unpaired) electrons. The summed E-state index contributed by atoms with van der Waals surface area (Å²) in [6.45, 7) is 8.36. The Bertz CT molecular complexity index is 801. The zero-order chi connectivity index (χ0) is 20.0. The van der Waals surface area contributed by atoms with E-state index in [0.29, 0.717) is 24.5 Å². The molecule has 2 rings (SSSR count). The lowest BCUT2D eigenvalue weighted by atomic mass is 10.1. The van der Waals surface area contributed by atoms with Crippen molar-refractivity contribution in [3.8, 4) is 17.2 Å². The van der Waals surface area contributed by atoms with Gasteiger partial charge in [-0.05, 0) is 74.6 Å². The predicted octanol–water partition coefficient (Wildman–Crippen LogP) is 3.76. The van der Waals surface area contributed by atoms with Crippen LogP contribution in [0.1, 0.15) is 29.2 Å². The van der Waals surface area contributed by atoms with Crippen LogP contribution < -0.4 is 19.5 Å². The number of hydrogen-bond donors (Lipinski definition) is 1. The second kappa shape index (κ2) is 9.31. The standard InChI is InChI=1S/C22H29NO4/c1-14-11-15(2)16(3)20(12-14)27-17(4)22(24)23-10-9-18-7-8-19(25-5)21(13-18)26-6/h7-8,11-13,17H,9-10H2,1-6H3,(H,23,24)/t17-/m1/s1. The van der Waals surface area contributed by atoms with Gasteiger partial charge in [0.1, 0.15) is 5.75 Å². The Hall–Kier alpha value is -2.69. The zero-order valence-electron chi connectivity index (χ0n) is 17.0. The number of methoxy groups -OCH3 is 2. The van der Waals surface area contributed by atoms with Crippen molar-refractivity contribution in [2.45, 2.75) is 40.2 Å². The van der Waals surface area contributed by atoms with Crippen molar-refractivity contribution in [2.24, 2.45) is 0 Å². The van der Waals surface area contributed by atoms with Crippen molar-refractivity contribution in [3.05, 3.63) is 52.6 Å². The van der Waals surface area contributed by atoms with E-state index in [1.54, 1.807) is 21.1 Å². The third-order valence-corrected chi connectivity index (χ3v) is 4.60. The van der Waals surface area contributed by atoms with Gasteiger partial charge in [-0.1, -0.05) is 12.1 Å². The van der Waals surface area contributed by atoms with Crippen LogP contribution >= 0.6 is 0 Å². The minimum absolute atomic E-state index is 0.131. The fraction of sp³-hybridized carbons (Fsp3) is 0.409. The molecule has 1 amide bonds. The van der Waals surface area contributed by atoms with E-state index in [2.05, 4.69) is 11.4 Å². The summed E-state index contributed by atoms with van der Waals surface area (Å²) in [4.78, 5) is 12.4. The highest BCUT2D eigenvalue weighted by atomic mass is 16.5. The summed E-state index contributed by atoms with van der Waals surface area (Å²) in [6.07, 6.45) is 0.136. The van der Waals surface area contributed by atoms with Gasteiger partial charge in [0.2, 0.25) is 0 Å². The molecule has 0 aliphatic carbocycles. The Labute approximate surface area is 161 Å². The van der Waals surface area contributed by atoms with Crippen LogP contribution in [0, 0.1) is 20.8 Å². The number of carbonyl (C=O) groups is 1. The topological polar surface area (TPSA) is 56.8 Å². The minimum atomic E-state index is -0.560. The molecule has 5 heteroatoms. The number of nitrogens with one attached hydrogen (secondary N) is 1. The molecule has 0 saturated carbocycles. The molecule has 0 heterocycles. The molecule has 0 saturated heterocycles. The molecule has 0 aromatic heterocycles. The second-order valence-electron chi connectivity index (χ2n) is 6.70. The maximum Gasteiger partial charge on any atom is 0.260 e. The number of ether oxygens (including phenoxy) is 3. The van der Waals surface area contributed by atoms with E-state index in [9.17, 15) is 4.79 Å². The van der Waals surface area contributed by atoms with Gasteiger partial charge in [0.05, 0.1) is 14.2 Å². The SMILES string of the molecule is COc1ccc(CCNC(=O)[C@@H](C)Oc2cc(C)cc(C)c2C)cc1OC. The van der Waals surface area contributed by atoms with Gasteiger partial charge in [0, 0.05) is 6.54 Å². The van der Waals surface area contributed by atoms with E-state index < -0.39 is 6.10 Å². The van der Waals surface area contributed by atoms with Crippen LogP contribution in [0.4, 0.5) is 0 Å². The van der Waals surface area contributed by atoms with Crippen molar-refractivity contribution in [1.29, 1.82) is 0 Å². The van der Waals surface area contributed by atoms with Gasteiger partial charge in [0.15, 0.2) is 17.6 Å². The second-order valence-corrected chi connectivity index (χ2v) is 6.70. The Morgan fingerprint density at radius 3 is 2.37 bits per heavy atom. The van der Waals surface area contributed by atoms with Crippen LogP contribution in [0.3, 0.4) is 0 Å².